The molecule has 3 aromatic rings. The second-order valence-corrected chi connectivity index (χ2v) is 7.26. The Morgan fingerprint density at radius 2 is 1.69 bits per heavy atom. The van der Waals surface area contributed by atoms with Crippen molar-refractivity contribution in [3.8, 4) is 0 Å². The maximum atomic E-state index is 12.7. The molecule has 0 aliphatic rings. The predicted octanol–water partition coefficient (Wildman–Crippen LogP) is 3.65. The molecule has 0 aliphatic carbocycles. The third-order valence-corrected chi connectivity index (χ3v) is 4.51. The molecule has 0 spiro atoms. The van der Waals surface area contributed by atoms with E-state index in [1.807, 2.05) is 38.1 Å². The topological polar surface area (TPSA) is 111 Å². The van der Waals surface area contributed by atoms with Crippen molar-refractivity contribution in [2.75, 3.05) is 5.32 Å². The molecule has 1 unspecified atom stereocenters. The van der Waals surface area contributed by atoms with E-state index >= 15 is 0 Å². The number of anilines is 1. The van der Waals surface area contributed by atoms with Gasteiger partial charge in [-0.25, -0.2) is 4.79 Å². The van der Waals surface area contributed by atoms with Gasteiger partial charge in [-0.1, -0.05) is 44.2 Å². The molecule has 1 aromatic heterocycles. The summed E-state index contributed by atoms with van der Waals surface area (Å²) in [7, 11) is 0. The minimum Gasteiger partial charge on any atom is -0.480 e. The Morgan fingerprint density at radius 3 is 2.38 bits per heavy atom. The van der Waals surface area contributed by atoms with E-state index in [1.54, 1.807) is 30.3 Å². The SMILES string of the molecule is CC(C)CC(NC(=O)c1ccccc1NC(=O)c1cc2ccccc2[nH]1)C(=O)O. The fraction of sp³-hybridized carbons (Fsp3) is 0.227. The van der Waals surface area contributed by atoms with E-state index in [2.05, 4.69) is 15.6 Å². The number of benzene rings is 2. The van der Waals surface area contributed by atoms with E-state index in [1.165, 1.54) is 0 Å². The van der Waals surface area contributed by atoms with Gasteiger partial charge >= 0.3 is 5.97 Å². The summed E-state index contributed by atoms with van der Waals surface area (Å²) in [5, 5.41) is 15.5. The average molecular weight is 393 g/mol. The second kappa shape index (κ2) is 8.60. The van der Waals surface area contributed by atoms with Gasteiger partial charge in [0.2, 0.25) is 0 Å². The summed E-state index contributed by atoms with van der Waals surface area (Å²) in [6, 6.07) is 14.8. The number of carbonyl (C=O) groups is 3. The number of aromatic nitrogens is 1. The Hall–Kier alpha value is -3.61. The number of carboxylic acid groups (broad SMARTS) is 1. The number of nitrogens with one attached hydrogen (secondary N) is 3. The van der Waals surface area contributed by atoms with Crippen molar-refractivity contribution in [3.63, 3.8) is 0 Å². The summed E-state index contributed by atoms with van der Waals surface area (Å²) in [5.41, 5.74) is 1.71. The van der Waals surface area contributed by atoms with Gasteiger partial charge < -0.3 is 20.7 Å². The van der Waals surface area contributed by atoms with Crippen molar-refractivity contribution in [3.05, 3.63) is 65.9 Å². The third kappa shape index (κ3) is 4.82. The highest BCUT2D eigenvalue weighted by molar-refractivity contribution is 6.10. The number of aromatic amines is 1. The second-order valence-electron chi connectivity index (χ2n) is 7.26. The van der Waals surface area contributed by atoms with Gasteiger partial charge in [0.25, 0.3) is 11.8 Å². The van der Waals surface area contributed by atoms with Crippen molar-refractivity contribution in [2.45, 2.75) is 26.3 Å². The van der Waals surface area contributed by atoms with E-state index < -0.39 is 23.8 Å². The average Bonchev–Trinajstić information content (AvgIpc) is 3.12. The fourth-order valence-corrected chi connectivity index (χ4v) is 3.10. The summed E-state index contributed by atoms with van der Waals surface area (Å²) in [6.45, 7) is 3.77. The van der Waals surface area contributed by atoms with Crippen LogP contribution in [0.3, 0.4) is 0 Å². The molecule has 0 fully saturated rings. The molecule has 4 N–H and O–H groups in total. The monoisotopic (exact) mass is 393 g/mol. The molecule has 7 nitrogen and oxygen atoms in total. The Labute approximate surface area is 168 Å². The molecule has 1 atom stereocenters. The maximum Gasteiger partial charge on any atom is 0.326 e. The minimum atomic E-state index is -1.09. The van der Waals surface area contributed by atoms with Crippen LogP contribution in [0.5, 0.6) is 0 Å². The summed E-state index contributed by atoms with van der Waals surface area (Å²) >= 11 is 0. The number of carbonyl (C=O) groups excluding carboxylic acids is 2. The highest BCUT2D eigenvalue weighted by Crippen LogP contribution is 2.19. The van der Waals surface area contributed by atoms with Gasteiger partial charge in [-0.05, 0) is 36.6 Å². The molecule has 0 saturated heterocycles. The normalized spacial score (nSPS) is 12.0. The van der Waals surface area contributed by atoms with E-state index in [-0.39, 0.29) is 11.5 Å². The molecule has 3 rings (SSSR count). The summed E-state index contributed by atoms with van der Waals surface area (Å²) in [4.78, 5) is 39.8. The van der Waals surface area contributed by atoms with Crippen LogP contribution < -0.4 is 10.6 Å². The van der Waals surface area contributed by atoms with Crippen LogP contribution in [0, 0.1) is 5.92 Å². The number of fused-ring (bicyclic) bond motifs is 1. The summed E-state index contributed by atoms with van der Waals surface area (Å²) < 4.78 is 0. The number of para-hydroxylation sites is 2. The highest BCUT2D eigenvalue weighted by Gasteiger charge is 2.23. The zero-order valence-corrected chi connectivity index (χ0v) is 16.2. The summed E-state index contributed by atoms with van der Waals surface area (Å²) in [6.07, 6.45) is 0.310. The summed E-state index contributed by atoms with van der Waals surface area (Å²) in [5.74, 6) is -1.93. The first-order valence-corrected chi connectivity index (χ1v) is 9.37. The number of hydrogen-bond donors (Lipinski definition) is 4. The molecule has 150 valence electrons. The van der Waals surface area contributed by atoms with Gasteiger partial charge in [0.15, 0.2) is 0 Å². The molecule has 2 aromatic carbocycles. The number of amides is 2. The highest BCUT2D eigenvalue weighted by atomic mass is 16.4. The van der Waals surface area contributed by atoms with Crippen LogP contribution >= 0.6 is 0 Å². The van der Waals surface area contributed by atoms with Crippen molar-refractivity contribution >= 4 is 34.4 Å². The molecule has 29 heavy (non-hydrogen) atoms. The van der Waals surface area contributed by atoms with Crippen LogP contribution in [0.25, 0.3) is 10.9 Å². The molecule has 1 heterocycles. The Morgan fingerprint density at radius 1 is 1.00 bits per heavy atom. The van der Waals surface area contributed by atoms with Crippen LogP contribution in [0.2, 0.25) is 0 Å². The lowest BCUT2D eigenvalue weighted by Gasteiger charge is -2.17. The van der Waals surface area contributed by atoms with Gasteiger partial charge in [0.05, 0.1) is 11.3 Å². The van der Waals surface area contributed by atoms with E-state index in [9.17, 15) is 19.5 Å². The first-order valence-electron chi connectivity index (χ1n) is 9.37. The third-order valence-electron chi connectivity index (χ3n) is 4.51. The first kappa shape index (κ1) is 20.1. The lowest BCUT2D eigenvalue weighted by molar-refractivity contribution is -0.139. The van der Waals surface area contributed by atoms with E-state index in [0.29, 0.717) is 17.8 Å². The van der Waals surface area contributed by atoms with Crippen LogP contribution in [0.4, 0.5) is 5.69 Å². The van der Waals surface area contributed by atoms with Crippen molar-refractivity contribution in [2.24, 2.45) is 5.92 Å². The first-order chi connectivity index (χ1) is 13.8. The number of H-pyrrole nitrogens is 1. The standard InChI is InChI=1S/C22H23N3O4/c1-13(2)11-19(22(28)29)25-20(26)15-8-4-6-10-17(15)24-21(27)18-12-14-7-3-5-9-16(14)23-18/h3-10,12-13,19,23H,11H2,1-2H3,(H,24,27)(H,25,26)(H,28,29). The van der Waals surface area contributed by atoms with Crippen molar-refractivity contribution in [1.29, 1.82) is 0 Å². The Balaban J connectivity index is 1.80. The van der Waals surface area contributed by atoms with Crippen LogP contribution in [-0.4, -0.2) is 33.9 Å². The number of carboxylic acids is 1. The lowest BCUT2D eigenvalue weighted by Crippen LogP contribution is -2.41. The maximum absolute atomic E-state index is 12.7. The van der Waals surface area contributed by atoms with Gasteiger partial charge in [0.1, 0.15) is 11.7 Å². The van der Waals surface area contributed by atoms with Gasteiger partial charge in [0, 0.05) is 10.9 Å². The molecular weight excluding hydrogens is 370 g/mol. The van der Waals surface area contributed by atoms with Crippen LogP contribution in [0.1, 0.15) is 41.1 Å². The quantitative estimate of drug-likeness (QED) is 0.491. The molecule has 0 radical (unpaired) electrons. The van der Waals surface area contributed by atoms with Gasteiger partial charge in [-0.15, -0.1) is 0 Å². The molecule has 7 heteroatoms. The van der Waals surface area contributed by atoms with Gasteiger partial charge in [-0.3, -0.25) is 9.59 Å². The van der Waals surface area contributed by atoms with E-state index in [0.717, 1.165) is 10.9 Å². The van der Waals surface area contributed by atoms with Gasteiger partial charge in [-0.2, -0.15) is 0 Å². The van der Waals surface area contributed by atoms with E-state index in [4.69, 9.17) is 0 Å². The smallest absolute Gasteiger partial charge is 0.326 e. The van der Waals surface area contributed by atoms with Crippen molar-refractivity contribution in [1.82, 2.24) is 10.3 Å². The number of hydrogen-bond acceptors (Lipinski definition) is 3. The molecule has 0 saturated carbocycles. The fourth-order valence-electron chi connectivity index (χ4n) is 3.10. The zero-order valence-electron chi connectivity index (χ0n) is 16.2. The lowest BCUT2D eigenvalue weighted by atomic mass is 10.0. The largest absolute Gasteiger partial charge is 0.480 e. The molecular formula is C22H23N3O4. The number of rotatable bonds is 7. The zero-order chi connectivity index (χ0) is 21.0. The van der Waals surface area contributed by atoms with Crippen LogP contribution in [-0.2, 0) is 4.79 Å². The van der Waals surface area contributed by atoms with Crippen molar-refractivity contribution < 1.29 is 19.5 Å². The molecule has 0 bridgehead atoms. The molecule has 2 amide bonds. The number of aliphatic carboxylic acids is 1. The Bertz CT molecular complexity index is 1020. The van der Waals surface area contributed by atoms with Crippen LogP contribution in [0.15, 0.2) is 54.6 Å². The molecule has 0 aliphatic heterocycles. The minimum absolute atomic E-state index is 0.105. The Kier molecular flexibility index (Phi) is 5.97. The predicted molar refractivity (Wildman–Crippen MR) is 111 cm³/mol.